The summed E-state index contributed by atoms with van der Waals surface area (Å²) in [5.41, 5.74) is 2.45. The zero-order valence-electron chi connectivity index (χ0n) is 24.0. The molecule has 2 aromatic carbocycles. The van der Waals surface area contributed by atoms with Crippen LogP contribution in [0.1, 0.15) is 41.6 Å². The van der Waals surface area contributed by atoms with Crippen molar-refractivity contribution in [1.29, 1.82) is 0 Å². The molecule has 0 unspecified atom stereocenters. The van der Waals surface area contributed by atoms with E-state index in [4.69, 9.17) is 14.2 Å². The number of aromatic nitrogens is 3. The Morgan fingerprint density at radius 1 is 0.952 bits per heavy atom. The van der Waals surface area contributed by atoms with Crippen LogP contribution < -0.4 is 19.6 Å². The number of fused-ring (bicyclic) bond motifs is 1. The van der Waals surface area contributed by atoms with Gasteiger partial charge in [0.1, 0.15) is 17.3 Å². The molecule has 42 heavy (non-hydrogen) atoms. The molecule has 5 aromatic rings. The van der Waals surface area contributed by atoms with Gasteiger partial charge in [0.2, 0.25) is 0 Å². The first-order valence-corrected chi connectivity index (χ1v) is 13.4. The van der Waals surface area contributed by atoms with E-state index in [2.05, 4.69) is 9.97 Å². The number of pyridine rings is 3. The van der Waals surface area contributed by atoms with Crippen molar-refractivity contribution >= 4 is 16.7 Å². The number of Topliss-reactive ketones (excluding diaryl/α,β-unsaturated/α-hetero) is 1. The highest BCUT2D eigenvalue weighted by Crippen LogP contribution is 2.37. The fraction of sp³-hybridized carbons (Fsp3) is 0.212. The minimum atomic E-state index is -0.407. The van der Waals surface area contributed by atoms with Crippen LogP contribution in [0, 0.1) is 12.7 Å². The third kappa shape index (κ3) is 5.85. The summed E-state index contributed by atoms with van der Waals surface area (Å²) in [6.07, 6.45) is 4.72. The average molecular weight is 568 g/mol. The molecule has 0 aliphatic rings. The molecule has 0 N–H and O–H groups in total. The molecular weight excluding hydrogens is 537 g/mol. The molecule has 0 fully saturated rings. The van der Waals surface area contributed by atoms with Crippen molar-refractivity contribution in [2.75, 3.05) is 14.2 Å². The Balaban J connectivity index is 1.41. The van der Waals surface area contributed by atoms with Crippen molar-refractivity contribution in [3.63, 3.8) is 0 Å². The summed E-state index contributed by atoms with van der Waals surface area (Å²) in [6, 6.07) is 14.5. The van der Waals surface area contributed by atoms with E-state index in [1.807, 2.05) is 31.4 Å². The predicted molar refractivity (Wildman–Crippen MR) is 158 cm³/mol. The second kappa shape index (κ2) is 11.8. The molecule has 8 nitrogen and oxygen atoms in total. The molecule has 214 valence electrons. The van der Waals surface area contributed by atoms with E-state index in [-0.39, 0.29) is 23.8 Å². The van der Waals surface area contributed by atoms with E-state index in [0.717, 1.165) is 11.1 Å². The van der Waals surface area contributed by atoms with E-state index < -0.39 is 11.2 Å². The Hall–Kier alpha value is -5.05. The second-order valence-electron chi connectivity index (χ2n) is 10.1. The molecule has 0 aliphatic carbocycles. The Labute approximate surface area is 242 Å². The highest BCUT2D eigenvalue weighted by atomic mass is 19.1. The lowest BCUT2D eigenvalue weighted by molar-refractivity contribution is 0.0990. The van der Waals surface area contributed by atoms with Gasteiger partial charge in [-0.3, -0.25) is 19.6 Å². The van der Waals surface area contributed by atoms with Crippen LogP contribution in [0.3, 0.4) is 0 Å². The van der Waals surface area contributed by atoms with Crippen LogP contribution >= 0.6 is 0 Å². The van der Waals surface area contributed by atoms with Crippen molar-refractivity contribution in [3.05, 3.63) is 106 Å². The molecule has 0 aliphatic heterocycles. The van der Waals surface area contributed by atoms with E-state index in [9.17, 15) is 14.0 Å². The average Bonchev–Trinajstić information content (AvgIpc) is 2.97. The molecule has 3 heterocycles. The van der Waals surface area contributed by atoms with Crippen LogP contribution in [0.25, 0.3) is 22.0 Å². The predicted octanol–water partition coefficient (Wildman–Crippen LogP) is 6.72. The van der Waals surface area contributed by atoms with Crippen molar-refractivity contribution < 1.29 is 23.4 Å². The highest BCUT2D eigenvalue weighted by molar-refractivity contribution is 5.98. The normalized spacial score (nSPS) is 11.1. The van der Waals surface area contributed by atoms with Crippen molar-refractivity contribution in [1.82, 2.24) is 14.5 Å². The molecule has 0 spiro atoms. The number of carbonyl (C=O) groups excluding carboxylic acids is 1. The number of aryl methyl sites for hydroxylation is 1. The number of methoxy groups -OCH3 is 2. The number of hydrogen-bond donors (Lipinski definition) is 0. The van der Waals surface area contributed by atoms with Gasteiger partial charge in [-0.25, -0.2) is 4.39 Å². The number of rotatable bonds is 9. The van der Waals surface area contributed by atoms with Crippen LogP contribution in [-0.4, -0.2) is 34.5 Å². The molecule has 0 saturated heterocycles. The smallest absolute Gasteiger partial charge is 0.200 e. The number of nitrogens with zero attached hydrogens (tertiary/aromatic N) is 3. The van der Waals surface area contributed by atoms with Gasteiger partial charge in [-0.2, -0.15) is 0 Å². The summed E-state index contributed by atoms with van der Waals surface area (Å²) in [6.45, 7) is 5.77. The Morgan fingerprint density at radius 3 is 2.31 bits per heavy atom. The Bertz CT molecular complexity index is 1830. The number of ketones is 1. The van der Waals surface area contributed by atoms with Crippen LogP contribution in [-0.2, 0) is 6.42 Å². The van der Waals surface area contributed by atoms with Crippen LogP contribution in [0.5, 0.6) is 23.0 Å². The maximum absolute atomic E-state index is 13.5. The van der Waals surface area contributed by atoms with Gasteiger partial charge in [-0.1, -0.05) is 12.1 Å². The van der Waals surface area contributed by atoms with Gasteiger partial charge in [0, 0.05) is 52.9 Å². The third-order valence-corrected chi connectivity index (χ3v) is 6.87. The van der Waals surface area contributed by atoms with E-state index in [0.29, 0.717) is 45.3 Å². The summed E-state index contributed by atoms with van der Waals surface area (Å²) in [5.74, 6) is 1.38. The minimum absolute atomic E-state index is 0.000125. The molecule has 0 atom stereocenters. The maximum Gasteiger partial charge on any atom is 0.200 e. The first-order chi connectivity index (χ1) is 20.2. The van der Waals surface area contributed by atoms with Crippen molar-refractivity contribution in [2.45, 2.75) is 33.2 Å². The van der Waals surface area contributed by atoms with Gasteiger partial charge in [0.15, 0.2) is 22.7 Å². The maximum atomic E-state index is 13.5. The number of ether oxygens (including phenoxy) is 3. The highest BCUT2D eigenvalue weighted by Gasteiger charge is 2.19. The summed E-state index contributed by atoms with van der Waals surface area (Å²) in [7, 11) is 3.13. The lowest BCUT2D eigenvalue weighted by Crippen LogP contribution is -2.22. The molecular formula is C33H30FN3O5. The van der Waals surface area contributed by atoms with Crippen molar-refractivity contribution in [3.8, 4) is 34.1 Å². The van der Waals surface area contributed by atoms with Gasteiger partial charge in [-0.15, -0.1) is 0 Å². The zero-order chi connectivity index (χ0) is 30.0. The molecule has 3 aromatic heterocycles. The van der Waals surface area contributed by atoms with Gasteiger partial charge in [0.05, 0.1) is 37.9 Å². The van der Waals surface area contributed by atoms with Gasteiger partial charge < -0.3 is 18.8 Å². The number of carbonyl (C=O) groups is 1. The largest absolute Gasteiger partial charge is 0.493 e. The lowest BCUT2D eigenvalue weighted by atomic mass is 10.0. The van der Waals surface area contributed by atoms with E-state index >= 15 is 0 Å². The third-order valence-electron chi connectivity index (χ3n) is 6.87. The topological polar surface area (TPSA) is 92.5 Å². The van der Waals surface area contributed by atoms with Crippen molar-refractivity contribution in [2.24, 2.45) is 0 Å². The molecule has 5 rings (SSSR count). The first kappa shape index (κ1) is 28.5. The SMILES string of the molecule is COc1cc2nc(C)cc(Oc3ccc(CC(=O)c4cn(C(C)C)cc(-c5ccc(F)cc5)c4=O)nc3)c2cc1OC. The summed E-state index contributed by atoms with van der Waals surface area (Å²) < 4.78 is 32.3. The molecule has 0 bridgehead atoms. The summed E-state index contributed by atoms with van der Waals surface area (Å²) in [5, 5.41) is 0.736. The number of hydrogen-bond acceptors (Lipinski definition) is 7. The van der Waals surface area contributed by atoms with Crippen LogP contribution in [0.15, 0.2) is 78.0 Å². The molecule has 0 amide bonds. The second-order valence-corrected chi connectivity index (χ2v) is 10.1. The van der Waals surface area contributed by atoms with Gasteiger partial charge in [-0.05, 0) is 56.7 Å². The molecule has 0 saturated carbocycles. The number of benzene rings is 2. The van der Waals surface area contributed by atoms with E-state index in [1.165, 1.54) is 30.5 Å². The van der Waals surface area contributed by atoms with E-state index in [1.54, 1.807) is 50.9 Å². The Morgan fingerprint density at radius 2 is 1.67 bits per heavy atom. The quantitative estimate of drug-likeness (QED) is 0.183. The first-order valence-electron chi connectivity index (χ1n) is 13.4. The van der Waals surface area contributed by atoms with Gasteiger partial charge >= 0.3 is 0 Å². The monoisotopic (exact) mass is 567 g/mol. The van der Waals surface area contributed by atoms with Crippen LogP contribution in [0.4, 0.5) is 4.39 Å². The van der Waals surface area contributed by atoms with Gasteiger partial charge in [0.25, 0.3) is 0 Å². The Kier molecular flexibility index (Phi) is 8.01. The fourth-order valence-corrected chi connectivity index (χ4v) is 4.62. The summed E-state index contributed by atoms with van der Waals surface area (Å²) in [4.78, 5) is 35.7. The minimum Gasteiger partial charge on any atom is -0.493 e. The number of halogens is 1. The standard InChI is InChI=1S/C33H30FN3O5/c1-19(2)37-17-26(21-6-8-22(34)9-7-21)33(39)27(18-37)29(38)13-23-10-11-24(16-35-23)42-30-12-20(3)36-28-15-32(41-5)31(40-4)14-25(28)30/h6-12,14-19H,13H2,1-5H3. The fourth-order valence-electron chi connectivity index (χ4n) is 4.62. The molecule has 9 heteroatoms. The lowest BCUT2D eigenvalue weighted by Gasteiger charge is -2.15. The zero-order valence-corrected chi connectivity index (χ0v) is 24.0. The summed E-state index contributed by atoms with van der Waals surface area (Å²) >= 11 is 0. The molecule has 0 radical (unpaired) electrons. The van der Waals surface area contributed by atoms with Crippen LogP contribution in [0.2, 0.25) is 0 Å².